The molecular weight excluding hydrogens is 240 g/mol. The van der Waals surface area contributed by atoms with Gasteiger partial charge < -0.3 is 0 Å². The molecule has 0 saturated carbocycles. The first-order chi connectivity index (χ1) is 8.67. The molecule has 0 aliphatic carbocycles. The third-order valence-corrected chi connectivity index (χ3v) is 3.95. The second kappa shape index (κ2) is 5.27. The first kappa shape index (κ1) is 12.7. The van der Waals surface area contributed by atoms with Crippen LogP contribution in [0.1, 0.15) is 29.3 Å². The quantitative estimate of drug-likeness (QED) is 0.612. The van der Waals surface area contributed by atoms with Crippen LogP contribution in [-0.4, -0.2) is 12.6 Å². The molecule has 1 N–H and O–H groups in total. The first-order valence-electron chi connectivity index (χ1n) is 5.92. The molecule has 0 spiro atoms. The Labute approximate surface area is 111 Å². The van der Waals surface area contributed by atoms with E-state index in [0.29, 0.717) is 0 Å². The van der Waals surface area contributed by atoms with E-state index in [9.17, 15) is 0 Å². The number of fused-ring (bicyclic) bond motifs is 1. The average molecular weight is 256 g/mol. The van der Waals surface area contributed by atoms with Crippen LogP contribution in [-0.2, 0) is 0 Å². The van der Waals surface area contributed by atoms with Crippen molar-refractivity contribution >= 4 is 40.1 Å². The minimum absolute atomic E-state index is 0.230. The molecule has 2 nitrogen and oxygen atoms in total. The van der Waals surface area contributed by atoms with Crippen molar-refractivity contribution in [3.05, 3.63) is 40.3 Å². The molecule has 1 aromatic carbocycles. The third kappa shape index (κ3) is 2.27. The van der Waals surface area contributed by atoms with E-state index in [1.54, 1.807) is 11.3 Å². The molecule has 0 fully saturated rings. The Morgan fingerprint density at radius 2 is 2.28 bits per heavy atom. The highest BCUT2D eigenvalue weighted by atomic mass is 32.1. The zero-order valence-electron chi connectivity index (χ0n) is 10.7. The first-order valence-corrected chi connectivity index (χ1v) is 6.74. The lowest BCUT2D eigenvalue weighted by Gasteiger charge is -1.98. The summed E-state index contributed by atoms with van der Waals surface area (Å²) < 4.78 is 1.20. The molecule has 0 unspecified atom stereocenters. The van der Waals surface area contributed by atoms with Crippen molar-refractivity contribution in [1.29, 1.82) is 5.41 Å². The van der Waals surface area contributed by atoms with Crippen molar-refractivity contribution in [2.75, 3.05) is 0 Å². The van der Waals surface area contributed by atoms with Crippen molar-refractivity contribution in [3.63, 3.8) is 0 Å². The number of amidine groups is 1. The zero-order chi connectivity index (χ0) is 13.1. The lowest BCUT2D eigenvalue weighted by atomic mass is 10.1. The largest absolute Gasteiger partial charge is 0.282 e. The van der Waals surface area contributed by atoms with Crippen LogP contribution < -0.4 is 0 Å². The maximum atomic E-state index is 7.69. The molecule has 0 bridgehead atoms. The number of benzene rings is 1. The number of hydrogen-bond acceptors (Lipinski definition) is 2. The second-order valence-corrected chi connectivity index (χ2v) is 5.36. The van der Waals surface area contributed by atoms with Gasteiger partial charge in [0.25, 0.3) is 0 Å². The molecule has 0 aliphatic rings. The summed E-state index contributed by atoms with van der Waals surface area (Å²) >= 11 is 1.76. The highest BCUT2D eigenvalue weighted by molar-refractivity contribution is 7.19. The van der Waals surface area contributed by atoms with Crippen LogP contribution in [0.2, 0.25) is 0 Å². The fourth-order valence-electron chi connectivity index (χ4n) is 1.92. The molecule has 2 rings (SSSR count). The molecule has 0 atom stereocenters. The van der Waals surface area contributed by atoms with Crippen LogP contribution in [0.5, 0.6) is 0 Å². The van der Waals surface area contributed by atoms with E-state index in [1.165, 1.54) is 20.5 Å². The van der Waals surface area contributed by atoms with E-state index in [0.717, 1.165) is 12.0 Å². The fourth-order valence-corrected chi connectivity index (χ4v) is 3.01. The summed E-state index contributed by atoms with van der Waals surface area (Å²) in [7, 11) is 0. The summed E-state index contributed by atoms with van der Waals surface area (Å²) in [5, 5.41) is 8.94. The van der Waals surface area contributed by atoms with Gasteiger partial charge >= 0.3 is 0 Å². The predicted molar refractivity (Wildman–Crippen MR) is 82.3 cm³/mol. The Morgan fingerprint density at radius 1 is 1.50 bits per heavy atom. The van der Waals surface area contributed by atoms with Gasteiger partial charge in [0.15, 0.2) is 5.84 Å². The van der Waals surface area contributed by atoms with Crippen LogP contribution in [0.25, 0.3) is 16.2 Å². The van der Waals surface area contributed by atoms with E-state index in [2.05, 4.69) is 43.8 Å². The summed E-state index contributed by atoms with van der Waals surface area (Å²) in [4.78, 5) is 4.98. The van der Waals surface area contributed by atoms with Gasteiger partial charge in [-0.2, -0.15) is 0 Å². The number of hydrogen-bond donors (Lipinski definition) is 1. The number of aliphatic imine (C=N–C) groups is 1. The van der Waals surface area contributed by atoms with Crippen molar-refractivity contribution in [2.45, 2.75) is 20.3 Å². The Hall–Kier alpha value is -1.74. The summed E-state index contributed by atoms with van der Waals surface area (Å²) in [5.74, 6) is 0.230. The van der Waals surface area contributed by atoms with Crippen LogP contribution in [0.3, 0.4) is 0 Å². The highest BCUT2D eigenvalue weighted by Gasteiger charge is 2.08. The van der Waals surface area contributed by atoms with Gasteiger partial charge in [-0.05, 0) is 37.1 Å². The Morgan fingerprint density at radius 3 is 2.94 bits per heavy atom. The van der Waals surface area contributed by atoms with Crippen molar-refractivity contribution < 1.29 is 0 Å². The number of nitrogens with zero attached hydrogens (tertiary/aromatic N) is 1. The molecule has 3 heteroatoms. The lowest BCUT2D eigenvalue weighted by Crippen LogP contribution is -1.92. The van der Waals surface area contributed by atoms with E-state index in [4.69, 9.17) is 5.41 Å². The third-order valence-electron chi connectivity index (χ3n) is 2.87. The van der Waals surface area contributed by atoms with E-state index in [-0.39, 0.29) is 5.84 Å². The SMILES string of the molecule is C=NC(=N)c1ccc2c(/C=C\CC)c(C)sc2c1. The van der Waals surface area contributed by atoms with Gasteiger partial charge in [0.05, 0.1) is 0 Å². The van der Waals surface area contributed by atoms with Gasteiger partial charge in [0, 0.05) is 15.1 Å². The van der Waals surface area contributed by atoms with E-state index < -0.39 is 0 Å². The smallest absolute Gasteiger partial charge is 0.151 e. The summed E-state index contributed by atoms with van der Waals surface area (Å²) in [6.45, 7) is 7.67. The lowest BCUT2D eigenvalue weighted by molar-refractivity contribution is 1.23. The van der Waals surface area contributed by atoms with Gasteiger partial charge in [-0.1, -0.05) is 31.2 Å². The second-order valence-electron chi connectivity index (χ2n) is 4.10. The Balaban J connectivity index is 2.57. The number of aryl methyl sites for hydroxylation is 1. The highest BCUT2D eigenvalue weighted by Crippen LogP contribution is 2.32. The molecule has 2 aromatic rings. The minimum Gasteiger partial charge on any atom is -0.282 e. The van der Waals surface area contributed by atoms with Crippen LogP contribution in [0.4, 0.5) is 0 Å². The summed E-state index contributed by atoms with van der Waals surface area (Å²) in [6.07, 6.45) is 5.40. The van der Waals surface area contributed by atoms with E-state index in [1.807, 2.05) is 12.1 Å². The monoisotopic (exact) mass is 256 g/mol. The molecule has 92 valence electrons. The normalized spacial score (nSPS) is 11.2. The van der Waals surface area contributed by atoms with Gasteiger partial charge in [-0.3, -0.25) is 5.41 Å². The van der Waals surface area contributed by atoms with Gasteiger partial charge in [-0.15, -0.1) is 11.3 Å². The van der Waals surface area contributed by atoms with Crippen LogP contribution in [0, 0.1) is 12.3 Å². The van der Waals surface area contributed by atoms with Crippen LogP contribution >= 0.6 is 11.3 Å². The van der Waals surface area contributed by atoms with Crippen molar-refractivity contribution in [3.8, 4) is 0 Å². The average Bonchev–Trinajstić information content (AvgIpc) is 2.70. The maximum absolute atomic E-state index is 7.69. The minimum atomic E-state index is 0.230. The molecule has 0 amide bonds. The van der Waals surface area contributed by atoms with Crippen LogP contribution in [0.15, 0.2) is 29.3 Å². The molecular formula is C15H16N2S. The number of thiophene rings is 1. The summed E-state index contributed by atoms with van der Waals surface area (Å²) in [5.41, 5.74) is 2.12. The molecule has 1 heterocycles. The number of rotatable bonds is 3. The maximum Gasteiger partial charge on any atom is 0.151 e. The molecule has 1 aromatic heterocycles. The molecule has 0 saturated heterocycles. The standard InChI is InChI=1S/C15H16N2S/c1-4-5-6-12-10(2)18-14-9-11(15(16)17-3)7-8-13(12)14/h5-9,16H,3-4H2,1-2H3/b6-5-,16-15?. The van der Waals surface area contributed by atoms with Crippen molar-refractivity contribution in [2.24, 2.45) is 4.99 Å². The molecule has 0 radical (unpaired) electrons. The molecule has 18 heavy (non-hydrogen) atoms. The van der Waals surface area contributed by atoms with E-state index >= 15 is 0 Å². The molecule has 0 aliphatic heterocycles. The Kier molecular flexibility index (Phi) is 3.72. The summed E-state index contributed by atoms with van der Waals surface area (Å²) in [6, 6.07) is 6.03. The zero-order valence-corrected chi connectivity index (χ0v) is 11.5. The Bertz CT molecular complexity index is 635. The fraction of sp³-hybridized carbons (Fsp3) is 0.200. The number of nitrogens with one attached hydrogen (secondary N) is 1. The van der Waals surface area contributed by atoms with Crippen molar-refractivity contribution in [1.82, 2.24) is 0 Å². The van der Waals surface area contributed by atoms with Gasteiger partial charge in [-0.25, -0.2) is 4.99 Å². The van der Waals surface area contributed by atoms with Gasteiger partial charge in [0.2, 0.25) is 0 Å². The van der Waals surface area contributed by atoms with Gasteiger partial charge in [0.1, 0.15) is 0 Å². The topological polar surface area (TPSA) is 36.2 Å². The number of allylic oxidation sites excluding steroid dienone is 1. The predicted octanol–water partition coefficient (Wildman–Crippen LogP) is 4.66.